The standard InChI is InChI=1S/C13H11F2NO3S/c1-20(17,18)8-5-6-11(10(16)7-8)19-12-4-2-3-9(14)13(12)15/h2-7H,16H2,1H3. The van der Waals surface area contributed by atoms with Crippen LogP contribution in [0.25, 0.3) is 0 Å². The van der Waals surface area contributed by atoms with Crippen LogP contribution in [0, 0.1) is 11.6 Å². The molecule has 0 fully saturated rings. The largest absolute Gasteiger partial charge is 0.452 e. The van der Waals surface area contributed by atoms with Gasteiger partial charge < -0.3 is 10.5 Å². The number of sulfone groups is 1. The summed E-state index contributed by atoms with van der Waals surface area (Å²) in [7, 11) is -3.40. The van der Waals surface area contributed by atoms with Crippen LogP contribution in [0.5, 0.6) is 11.5 Å². The predicted octanol–water partition coefficient (Wildman–Crippen LogP) is 2.74. The summed E-state index contributed by atoms with van der Waals surface area (Å²) in [5.41, 5.74) is 5.66. The Morgan fingerprint density at radius 2 is 1.80 bits per heavy atom. The van der Waals surface area contributed by atoms with E-state index in [1.165, 1.54) is 30.3 Å². The summed E-state index contributed by atoms with van der Waals surface area (Å²) in [5.74, 6) is -2.47. The monoisotopic (exact) mass is 299 g/mol. The molecule has 0 radical (unpaired) electrons. The molecule has 0 unspecified atom stereocenters. The maximum Gasteiger partial charge on any atom is 0.201 e. The first kappa shape index (κ1) is 14.3. The van der Waals surface area contributed by atoms with E-state index in [9.17, 15) is 17.2 Å². The minimum atomic E-state index is -3.40. The van der Waals surface area contributed by atoms with Gasteiger partial charge in [-0.15, -0.1) is 0 Å². The minimum Gasteiger partial charge on any atom is -0.452 e. The predicted molar refractivity (Wildman–Crippen MR) is 70.4 cm³/mol. The third-order valence-corrected chi connectivity index (χ3v) is 3.66. The van der Waals surface area contributed by atoms with E-state index < -0.39 is 21.5 Å². The molecule has 0 heterocycles. The van der Waals surface area contributed by atoms with Crippen LogP contribution in [0.3, 0.4) is 0 Å². The van der Waals surface area contributed by atoms with E-state index in [0.717, 1.165) is 12.3 Å². The highest BCUT2D eigenvalue weighted by Gasteiger charge is 2.13. The third-order valence-electron chi connectivity index (χ3n) is 2.55. The number of halogens is 2. The molecule has 0 bridgehead atoms. The maximum atomic E-state index is 13.5. The average molecular weight is 299 g/mol. The van der Waals surface area contributed by atoms with Gasteiger partial charge in [-0.25, -0.2) is 12.8 Å². The molecule has 7 heteroatoms. The van der Waals surface area contributed by atoms with E-state index in [1.807, 2.05) is 0 Å². The van der Waals surface area contributed by atoms with Gasteiger partial charge in [0.15, 0.2) is 27.2 Å². The Balaban J connectivity index is 2.38. The van der Waals surface area contributed by atoms with Crippen molar-refractivity contribution < 1.29 is 21.9 Å². The van der Waals surface area contributed by atoms with Crippen LogP contribution in [0.15, 0.2) is 41.3 Å². The Morgan fingerprint density at radius 3 is 2.40 bits per heavy atom. The van der Waals surface area contributed by atoms with Crippen LogP contribution in [-0.4, -0.2) is 14.7 Å². The lowest BCUT2D eigenvalue weighted by Gasteiger charge is -2.10. The number of nitrogen functional groups attached to an aromatic ring is 1. The summed E-state index contributed by atoms with van der Waals surface area (Å²) in [6.45, 7) is 0. The molecule has 0 aliphatic carbocycles. The van der Waals surface area contributed by atoms with Gasteiger partial charge in [0.1, 0.15) is 0 Å². The lowest BCUT2D eigenvalue weighted by Crippen LogP contribution is -2.00. The van der Waals surface area contributed by atoms with Gasteiger partial charge in [0.2, 0.25) is 5.82 Å². The summed E-state index contributed by atoms with van der Waals surface area (Å²) >= 11 is 0. The van der Waals surface area contributed by atoms with Crippen molar-refractivity contribution in [3.63, 3.8) is 0 Å². The van der Waals surface area contributed by atoms with Crippen LogP contribution in [0.2, 0.25) is 0 Å². The highest BCUT2D eigenvalue weighted by molar-refractivity contribution is 7.90. The van der Waals surface area contributed by atoms with Gasteiger partial charge in [-0.05, 0) is 30.3 Å². The molecule has 106 valence electrons. The van der Waals surface area contributed by atoms with Crippen molar-refractivity contribution in [1.82, 2.24) is 0 Å². The number of hydrogen-bond donors (Lipinski definition) is 1. The first-order valence-electron chi connectivity index (χ1n) is 5.50. The second kappa shape index (κ2) is 5.09. The van der Waals surface area contributed by atoms with E-state index in [0.29, 0.717) is 0 Å². The Hall–Kier alpha value is -2.15. The van der Waals surface area contributed by atoms with Crippen LogP contribution in [-0.2, 0) is 9.84 Å². The smallest absolute Gasteiger partial charge is 0.201 e. The molecule has 2 N–H and O–H groups in total. The Bertz CT molecular complexity index is 760. The van der Waals surface area contributed by atoms with E-state index in [4.69, 9.17) is 10.5 Å². The Labute approximate surface area is 114 Å². The molecular weight excluding hydrogens is 288 g/mol. The third kappa shape index (κ3) is 2.88. The van der Waals surface area contributed by atoms with Gasteiger partial charge in [0, 0.05) is 6.26 Å². The summed E-state index contributed by atoms with van der Waals surface area (Å²) < 4.78 is 54.3. The first-order chi connectivity index (χ1) is 9.29. The topological polar surface area (TPSA) is 69.4 Å². The van der Waals surface area contributed by atoms with Crippen LogP contribution in [0.4, 0.5) is 14.5 Å². The maximum absolute atomic E-state index is 13.5. The molecule has 0 saturated carbocycles. The molecule has 0 spiro atoms. The number of hydrogen-bond acceptors (Lipinski definition) is 4. The van der Waals surface area contributed by atoms with E-state index in [1.54, 1.807) is 0 Å². The van der Waals surface area contributed by atoms with Crippen LogP contribution >= 0.6 is 0 Å². The lowest BCUT2D eigenvalue weighted by atomic mass is 10.3. The summed E-state index contributed by atoms with van der Waals surface area (Å²) in [6.07, 6.45) is 1.04. The zero-order valence-corrected chi connectivity index (χ0v) is 11.2. The first-order valence-corrected chi connectivity index (χ1v) is 7.39. The van der Waals surface area contributed by atoms with Crippen molar-refractivity contribution in [2.45, 2.75) is 4.90 Å². The zero-order chi connectivity index (χ0) is 14.9. The molecule has 2 aromatic carbocycles. The van der Waals surface area contributed by atoms with E-state index in [2.05, 4.69) is 0 Å². The highest BCUT2D eigenvalue weighted by Crippen LogP contribution is 2.31. The lowest BCUT2D eigenvalue weighted by molar-refractivity contribution is 0.417. The van der Waals surface area contributed by atoms with Crippen molar-refractivity contribution in [2.75, 3.05) is 12.0 Å². The fourth-order valence-electron chi connectivity index (χ4n) is 1.53. The Kier molecular flexibility index (Phi) is 3.63. The van der Waals surface area contributed by atoms with Crippen molar-refractivity contribution >= 4 is 15.5 Å². The number of benzene rings is 2. The summed E-state index contributed by atoms with van der Waals surface area (Å²) in [5, 5.41) is 0. The number of ether oxygens (including phenoxy) is 1. The van der Waals surface area contributed by atoms with Gasteiger partial charge in [-0.3, -0.25) is 0 Å². The fourth-order valence-corrected chi connectivity index (χ4v) is 2.19. The quantitative estimate of drug-likeness (QED) is 0.885. The molecule has 4 nitrogen and oxygen atoms in total. The normalized spacial score (nSPS) is 11.3. The van der Waals surface area contributed by atoms with Gasteiger partial charge in [0.25, 0.3) is 0 Å². The van der Waals surface area contributed by atoms with Crippen molar-refractivity contribution in [2.24, 2.45) is 0 Å². The number of nitrogens with two attached hydrogens (primary N) is 1. The number of anilines is 1. The van der Waals surface area contributed by atoms with Gasteiger partial charge in [-0.2, -0.15) is 4.39 Å². The molecule has 2 aromatic rings. The summed E-state index contributed by atoms with van der Waals surface area (Å²) in [4.78, 5) is 0.0158. The van der Waals surface area contributed by atoms with Crippen LogP contribution < -0.4 is 10.5 Å². The van der Waals surface area contributed by atoms with Gasteiger partial charge in [0.05, 0.1) is 10.6 Å². The van der Waals surface area contributed by atoms with Gasteiger partial charge in [-0.1, -0.05) is 6.07 Å². The highest BCUT2D eigenvalue weighted by atomic mass is 32.2. The molecular formula is C13H11F2NO3S. The fraction of sp³-hybridized carbons (Fsp3) is 0.0769. The Morgan fingerprint density at radius 1 is 1.10 bits per heavy atom. The second-order valence-corrected chi connectivity index (χ2v) is 6.14. The van der Waals surface area contributed by atoms with E-state index in [-0.39, 0.29) is 22.1 Å². The second-order valence-electron chi connectivity index (χ2n) is 4.13. The molecule has 0 aliphatic rings. The van der Waals surface area contributed by atoms with Crippen molar-refractivity contribution in [3.8, 4) is 11.5 Å². The molecule has 0 amide bonds. The minimum absolute atomic E-state index is 0.0107. The van der Waals surface area contributed by atoms with Crippen molar-refractivity contribution in [1.29, 1.82) is 0 Å². The zero-order valence-electron chi connectivity index (χ0n) is 10.4. The molecule has 0 aromatic heterocycles. The van der Waals surface area contributed by atoms with Crippen LogP contribution in [0.1, 0.15) is 0 Å². The summed E-state index contributed by atoms with van der Waals surface area (Å²) in [6, 6.07) is 7.24. The SMILES string of the molecule is CS(=O)(=O)c1ccc(Oc2cccc(F)c2F)c(N)c1. The molecule has 0 aliphatic heterocycles. The van der Waals surface area contributed by atoms with Gasteiger partial charge >= 0.3 is 0 Å². The number of rotatable bonds is 3. The van der Waals surface area contributed by atoms with E-state index >= 15 is 0 Å². The average Bonchev–Trinajstić information content (AvgIpc) is 2.36. The molecule has 0 saturated heterocycles. The molecule has 2 rings (SSSR count). The molecule has 20 heavy (non-hydrogen) atoms. The van der Waals surface area contributed by atoms with Crippen molar-refractivity contribution in [3.05, 3.63) is 48.0 Å². The molecule has 0 atom stereocenters.